The second-order valence-electron chi connectivity index (χ2n) is 5.31. The Labute approximate surface area is 107 Å². The minimum Gasteiger partial charge on any atom is -0.379 e. The maximum absolute atomic E-state index is 14.3. The van der Waals surface area contributed by atoms with Crippen LogP contribution in [0.25, 0.3) is 0 Å². The van der Waals surface area contributed by atoms with E-state index in [1.165, 1.54) is 6.92 Å². The Morgan fingerprint density at radius 3 is 2.56 bits per heavy atom. The van der Waals surface area contributed by atoms with Crippen LogP contribution in [0.3, 0.4) is 0 Å². The minimum absolute atomic E-state index is 0.279. The number of ether oxygens (including phenoxy) is 3. The fraction of sp³-hybridized carbons (Fsp3) is 1.00. The summed E-state index contributed by atoms with van der Waals surface area (Å²) < 4.78 is 30.6. The van der Waals surface area contributed by atoms with Gasteiger partial charge in [-0.1, -0.05) is 19.3 Å². The molecule has 0 aliphatic carbocycles. The van der Waals surface area contributed by atoms with E-state index in [4.69, 9.17) is 14.2 Å². The van der Waals surface area contributed by atoms with Gasteiger partial charge in [0.25, 0.3) is 0 Å². The van der Waals surface area contributed by atoms with Gasteiger partial charge in [0, 0.05) is 13.2 Å². The van der Waals surface area contributed by atoms with Gasteiger partial charge in [0.2, 0.25) is 0 Å². The van der Waals surface area contributed by atoms with Crippen LogP contribution in [0, 0.1) is 0 Å². The predicted molar refractivity (Wildman–Crippen MR) is 64.0 cm³/mol. The molecule has 2 rings (SSSR count). The zero-order chi connectivity index (χ0) is 13.0. The van der Waals surface area contributed by atoms with Crippen molar-refractivity contribution in [3.05, 3.63) is 0 Å². The third-order valence-electron chi connectivity index (χ3n) is 3.69. The number of aliphatic hydroxyl groups is 1. The fourth-order valence-electron chi connectivity index (χ4n) is 2.52. The van der Waals surface area contributed by atoms with E-state index in [-0.39, 0.29) is 6.61 Å². The lowest BCUT2D eigenvalue weighted by molar-refractivity contribution is -0.146. The highest BCUT2D eigenvalue weighted by Crippen LogP contribution is 2.35. The average Bonchev–Trinajstić information content (AvgIpc) is 2.51. The molecule has 0 aromatic rings. The maximum Gasteiger partial charge on any atom is 0.192 e. The van der Waals surface area contributed by atoms with Gasteiger partial charge >= 0.3 is 0 Å². The van der Waals surface area contributed by atoms with Crippen molar-refractivity contribution >= 4 is 0 Å². The standard InChI is InChI=1S/C13H23FO4/c1-13(14)11-10(18-12(13)15)9-16-7-5-3-2-4-6-8-17-11/h10-12,15H,2-9H2,1H3/t10-,11-,12-,13-/m1/s1. The smallest absolute Gasteiger partial charge is 0.192 e. The van der Waals surface area contributed by atoms with Gasteiger partial charge < -0.3 is 19.3 Å². The van der Waals surface area contributed by atoms with E-state index in [1.807, 2.05) is 0 Å². The summed E-state index contributed by atoms with van der Waals surface area (Å²) in [6, 6.07) is 0. The summed E-state index contributed by atoms with van der Waals surface area (Å²) >= 11 is 0. The molecule has 4 atom stereocenters. The number of hydrogen-bond donors (Lipinski definition) is 1. The van der Waals surface area contributed by atoms with Crippen LogP contribution in [0.2, 0.25) is 0 Å². The lowest BCUT2D eigenvalue weighted by atomic mass is 9.99. The Morgan fingerprint density at radius 1 is 1.11 bits per heavy atom. The molecule has 106 valence electrons. The average molecular weight is 262 g/mol. The van der Waals surface area contributed by atoms with E-state index >= 15 is 0 Å². The van der Waals surface area contributed by atoms with Gasteiger partial charge in [0.1, 0.15) is 12.2 Å². The molecule has 5 heteroatoms. The van der Waals surface area contributed by atoms with Gasteiger partial charge in [0.05, 0.1) is 6.61 Å². The van der Waals surface area contributed by atoms with Crippen LogP contribution in [-0.4, -0.2) is 49.1 Å². The molecule has 0 aromatic carbocycles. The molecule has 0 spiro atoms. The van der Waals surface area contributed by atoms with Crippen molar-refractivity contribution < 1.29 is 23.7 Å². The molecule has 2 heterocycles. The van der Waals surface area contributed by atoms with Crippen molar-refractivity contribution in [2.24, 2.45) is 0 Å². The summed E-state index contributed by atoms with van der Waals surface area (Å²) in [5, 5.41) is 9.59. The molecule has 0 saturated carbocycles. The number of halogens is 1. The van der Waals surface area contributed by atoms with Gasteiger partial charge in [-0.3, -0.25) is 0 Å². The zero-order valence-corrected chi connectivity index (χ0v) is 10.9. The van der Waals surface area contributed by atoms with Gasteiger partial charge in [-0.25, -0.2) is 4.39 Å². The molecule has 18 heavy (non-hydrogen) atoms. The zero-order valence-electron chi connectivity index (χ0n) is 10.9. The largest absolute Gasteiger partial charge is 0.379 e. The maximum atomic E-state index is 14.3. The third kappa shape index (κ3) is 3.20. The fourth-order valence-corrected chi connectivity index (χ4v) is 2.52. The van der Waals surface area contributed by atoms with Crippen LogP contribution in [0.15, 0.2) is 0 Å². The molecule has 1 N–H and O–H groups in total. The van der Waals surface area contributed by atoms with Crippen molar-refractivity contribution in [2.75, 3.05) is 19.8 Å². The first kappa shape index (κ1) is 14.2. The normalized spacial score (nSPS) is 43.8. The first-order chi connectivity index (χ1) is 8.62. The summed E-state index contributed by atoms with van der Waals surface area (Å²) in [5.74, 6) is 0. The van der Waals surface area contributed by atoms with Crippen molar-refractivity contribution in [3.63, 3.8) is 0 Å². The van der Waals surface area contributed by atoms with E-state index in [9.17, 15) is 9.50 Å². The summed E-state index contributed by atoms with van der Waals surface area (Å²) in [5.41, 5.74) is -1.86. The Kier molecular flexibility index (Phi) is 4.95. The lowest BCUT2D eigenvalue weighted by Gasteiger charge is -2.26. The molecule has 2 saturated heterocycles. The van der Waals surface area contributed by atoms with Crippen LogP contribution in [0.5, 0.6) is 0 Å². The van der Waals surface area contributed by atoms with E-state index in [0.717, 1.165) is 32.1 Å². The summed E-state index contributed by atoms with van der Waals surface area (Å²) in [7, 11) is 0. The highest BCUT2D eigenvalue weighted by molar-refractivity contribution is 4.98. The lowest BCUT2D eigenvalue weighted by Crippen LogP contribution is -2.44. The summed E-state index contributed by atoms with van der Waals surface area (Å²) in [6.45, 7) is 2.78. The first-order valence-electron chi connectivity index (χ1n) is 6.84. The van der Waals surface area contributed by atoms with Crippen molar-refractivity contribution in [1.82, 2.24) is 0 Å². The number of fused-ring (bicyclic) bond motifs is 1. The molecule has 0 unspecified atom stereocenters. The molecule has 2 aliphatic rings. The Bertz CT molecular complexity index is 259. The third-order valence-corrected chi connectivity index (χ3v) is 3.69. The van der Waals surface area contributed by atoms with Crippen LogP contribution < -0.4 is 0 Å². The predicted octanol–water partition coefficient (Wildman–Crippen LogP) is 1.80. The number of aliphatic hydroxyl groups excluding tert-OH is 1. The minimum atomic E-state index is -1.86. The summed E-state index contributed by atoms with van der Waals surface area (Å²) in [4.78, 5) is 0. The van der Waals surface area contributed by atoms with Crippen molar-refractivity contribution in [3.8, 4) is 0 Å². The second-order valence-corrected chi connectivity index (χ2v) is 5.31. The van der Waals surface area contributed by atoms with E-state index in [2.05, 4.69) is 0 Å². The van der Waals surface area contributed by atoms with Crippen LogP contribution in [-0.2, 0) is 14.2 Å². The van der Waals surface area contributed by atoms with Gasteiger partial charge in [-0.05, 0) is 19.8 Å². The molecule has 0 amide bonds. The van der Waals surface area contributed by atoms with E-state index < -0.39 is 24.2 Å². The molecule has 4 nitrogen and oxygen atoms in total. The molecular formula is C13H23FO4. The Morgan fingerprint density at radius 2 is 1.78 bits per heavy atom. The van der Waals surface area contributed by atoms with E-state index in [1.54, 1.807) is 0 Å². The highest BCUT2D eigenvalue weighted by atomic mass is 19.1. The number of hydrogen-bond acceptors (Lipinski definition) is 4. The van der Waals surface area contributed by atoms with Gasteiger partial charge in [0.15, 0.2) is 12.0 Å². The van der Waals surface area contributed by atoms with Gasteiger partial charge in [-0.2, -0.15) is 0 Å². The molecule has 2 fully saturated rings. The number of alkyl halides is 1. The van der Waals surface area contributed by atoms with Crippen LogP contribution in [0.1, 0.15) is 39.0 Å². The van der Waals surface area contributed by atoms with Crippen LogP contribution in [0.4, 0.5) is 4.39 Å². The SMILES string of the molecule is C[C@]1(F)[C@H](O)O[C@@H]2COCCCCCCCO[C@H]21. The second kappa shape index (κ2) is 6.28. The Hall–Kier alpha value is -0.230. The summed E-state index contributed by atoms with van der Waals surface area (Å²) in [6.07, 6.45) is 2.65. The van der Waals surface area contributed by atoms with Crippen molar-refractivity contribution in [2.45, 2.75) is 63.2 Å². The quantitative estimate of drug-likeness (QED) is 0.723. The monoisotopic (exact) mass is 262 g/mol. The Balaban J connectivity index is 1.97. The molecular weight excluding hydrogens is 239 g/mol. The molecule has 0 bridgehead atoms. The first-order valence-corrected chi connectivity index (χ1v) is 6.84. The van der Waals surface area contributed by atoms with Crippen molar-refractivity contribution in [1.29, 1.82) is 0 Å². The molecule has 0 radical (unpaired) electrons. The number of rotatable bonds is 0. The van der Waals surface area contributed by atoms with Gasteiger partial charge in [-0.15, -0.1) is 0 Å². The van der Waals surface area contributed by atoms with E-state index in [0.29, 0.717) is 13.2 Å². The topological polar surface area (TPSA) is 47.9 Å². The van der Waals surface area contributed by atoms with Crippen LogP contribution >= 0.6 is 0 Å². The molecule has 2 aliphatic heterocycles. The molecule has 0 aromatic heterocycles. The highest BCUT2D eigenvalue weighted by Gasteiger charge is 2.55.